The lowest BCUT2D eigenvalue weighted by atomic mass is 9.70. The minimum absolute atomic E-state index is 0.0148. The molecule has 1 atom stereocenters. The third-order valence-corrected chi connectivity index (χ3v) is 6.83. The Kier molecular flexibility index (Phi) is 5.64. The van der Waals surface area contributed by atoms with Crippen LogP contribution in [0.5, 0.6) is 5.75 Å². The number of nitrogens with zero attached hydrogens (tertiary/aromatic N) is 2. The fraction of sp³-hybridized carbons (Fsp3) is 0.310. The molecule has 1 aromatic heterocycles. The number of nitrogens with two attached hydrogens (primary N) is 1. The number of allylic oxidation sites excluding steroid dienone is 3. The molecule has 1 unspecified atom stereocenters. The van der Waals surface area contributed by atoms with Crippen molar-refractivity contribution in [3.05, 3.63) is 88.6 Å². The second kappa shape index (κ2) is 8.66. The number of fused-ring (bicyclic) bond motifs is 1. The lowest BCUT2D eigenvalue weighted by Crippen LogP contribution is -2.33. The average Bonchev–Trinajstić information content (AvgIpc) is 3.17. The first-order valence-corrected chi connectivity index (χ1v) is 11.9. The van der Waals surface area contributed by atoms with Crippen LogP contribution < -0.4 is 10.5 Å². The Bertz CT molecular complexity index is 1420. The van der Waals surface area contributed by atoms with Crippen LogP contribution in [0, 0.1) is 23.7 Å². The van der Waals surface area contributed by atoms with E-state index in [1.165, 1.54) is 5.56 Å². The summed E-state index contributed by atoms with van der Waals surface area (Å²) < 4.78 is 13.9. The number of carbonyl (C=O) groups is 1. The number of benzene rings is 2. The van der Waals surface area contributed by atoms with E-state index in [2.05, 4.69) is 10.6 Å². The molecule has 6 heteroatoms. The third-order valence-electron chi connectivity index (χ3n) is 6.83. The molecular weight excluding hydrogens is 438 g/mol. The summed E-state index contributed by atoms with van der Waals surface area (Å²) in [4.78, 5) is 13.4. The van der Waals surface area contributed by atoms with Gasteiger partial charge in [0.15, 0.2) is 5.78 Å². The molecule has 0 amide bonds. The van der Waals surface area contributed by atoms with E-state index in [-0.39, 0.29) is 22.7 Å². The highest BCUT2D eigenvalue weighted by molar-refractivity contribution is 6.01. The van der Waals surface area contributed by atoms with E-state index in [1.807, 2.05) is 75.5 Å². The van der Waals surface area contributed by atoms with Crippen LogP contribution in [0.25, 0.3) is 10.9 Å². The van der Waals surface area contributed by atoms with Crippen LogP contribution in [0.4, 0.5) is 0 Å². The average molecular weight is 468 g/mol. The van der Waals surface area contributed by atoms with E-state index in [4.69, 9.17) is 15.2 Å². The predicted octanol–water partition coefficient (Wildman–Crippen LogP) is 5.48. The SMILES string of the molecule is Cc1ccc(OCCn2cc(C3C(C#N)=C(N)OC4=C3C(=O)CC(C)(C)C4)c3ccccc32)cc1. The van der Waals surface area contributed by atoms with Crippen molar-refractivity contribution < 1.29 is 14.3 Å². The van der Waals surface area contributed by atoms with Crippen molar-refractivity contribution in [2.75, 3.05) is 6.61 Å². The number of hydrogen-bond acceptors (Lipinski definition) is 5. The molecule has 0 radical (unpaired) electrons. The molecule has 0 bridgehead atoms. The zero-order valence-electron chi connectivity index (χ0n) is 20.3. The Hall–Kier alpha value is -3.98. The largest absolute Gasteiger partial charge is 0.492 e. The van der Waals surface area contributed by atoms with Crippen molar-refractivity contribution in [3.63, 3.8) is 0 Å². The number of hydrogen-bond donors (Lipinski definition) is 1. The number of carbonyl (C=O) groups excluding carboxylic acids is 1. The Balaban J connectivity index is 1.54. The maximum Gasteiger partial charge on any atom is 0.205 e. The minimum atomic E-state index is -0.545. The van der Waals surface area contributed by atoms with Crippen LogP contribution in [-0.2, 0) is 16.1 Å². The van der Waals surface area contributed by atoms with Gasteiger partial charge in [-0.3, -0.25) is 4.79 Å². The van der Waals surface area contributed by atoms with Crippen LogP contribution in [0.15, 0.2) is 77.5 Å². The number of para-hydroxylation sites is 1. The van der Waals surface area contributed by atoms with Gasteiger partial charge in [-0.2, -0.15) is 5.26 Å². The van der Waals surface area contributed by atoms with E-state index in [0.717, 1.165) is 22.2 Å². The predicted molar refractivity (Wildman–Crippen MR) is 134 cm³/mol. The van der Waals surface area contributed by atoms with Gasteiger partial charge >= 0.3 is 0 Å². The molecule has 35 heavy (non-hydrogen) atoms. The van der Waals surface area contributed by atoms with E-state index in [1.54, 1.807) is 0 Å². The molecular formula is C29H29N3O3. The fourth-order valence-corrected chi connectivity index (χ4v) is 5.18. The number of ketones is 1. The molecule has 1 aliphatic carbocycles. The van der Waals surface area contributed by atoms with E-state index < -0.39 is 5.92 Å². The van der Waals surface area contributed by atoms with Gasteiger partial charge in [-0.15, -0.1) is 0 Å². The van der Waals surface area contributed by atoms with Crippen molar-refractivity contribution in [2.24, 2.45) is 11.1 Å². The maximum absolute atomic E-state index is 13.4. The van der Waals surface area contributed by atoms with Gasteiger partial charge in [0.1, 0.15) is 29.8 Å². The summed E-state index contributed by atoms with van der Waals surface area (Å²) in [7, 11) is 0. The standard InChI is InChI=1S/C29H29N3O3/c1-18-8-10-19(11-9-18)34-13-12-32-17-22(20-6-4-5-7-23(20)32)26-21(16-30)28(31)35-25-15-29(2,3)14-24(33)27(25)26/h4-11,17,26H,12-15,31H2,1-3H3. The van der Waals surface area contributed by atoms with Crippen molar-refractivity contribution >= 4 is 16.7 Å². The maximum atomic E-state index is 13.4. The first-order valence-electron chi connectivity index (χ1n) is 11.9. The summed E-state index contributed by atoms with van der Waals surface area (Å²) in [6.45, 7) is 7.24. The Morgan fingerprint density at radius 3 is 2.66 bits per heavy atom. The number of Topliss-reactive ketones (excluding diaryl/α,β-unsaturated/α-hetero) is 1. The van der Waals surface area contributed by atoms with Gasteiger partial charge in [0.2, 0.25) is 5.88 Å². The van der Waals surface area contributed by atoms with Gasteiger partial charge in [-0.1, -0.05) is 49.7 Å². The third kappa shape index (κ3) is 4.19. The summed E-state index contributed by atoms with van der Waals surface area (Å²) in [6.07, 6.45) is 3.04. The molecule has 2 aromatic carbocycles. The fourth-order valence-electron chi connectivity index (χ4n) is 5.18. The highest BCUT2D eigenvalue weighted by Gasteiger charge is 2.43. The lowest BCUT2D eigenvalue weighted by Gasteiger charge is -2.37. The number of ether oxygens (including phenoxy) is 2. The van der Waals surface area contributed by atoms with Gasteiger partial charge in [-0.05, 0) is 36.1 Å². The van der Waals surface area contributed by atoms with Gasteiger partial charge in [0.25, 0.3) is 0 Å². The summed E-state index contributed by atoms with van der Waals surface area (Å²) in [5.41, 5.74) is 9.95. The molecule has 5 rings (SSSR count). The molecule has 2 heterocycles. The van der Waals surface area contributed by atoms with E-state index in [0.29, 0.717) is 37.3 Å². The number of nitriles is 1. The molecule has 1 aliphatic heterocycles. The van der Waals surface area contributed by atoms with Crippen LogP contribution in [-0.4, -0.2) is 17.0 Å². The van der Waals surface area contributed by atoms with E-state index >= 15 is 0 Å². The molecule has 0 saturated heterocycles. The topological polar surface area (TPSA) is 90.3 Å². The van der Waals surface area contributed by atoms with Gasteiger partial charge in [0.05, 0.1) is 12.5 Å². The Morgan fingerprint density at radius 2 is 1.91 bits per heavy atom. The lowest BCUT2D eigenvalue weighted by molar-refractivity contribution is -0.119. The molecule has 6 nitrogen and oxygen atoms in total. The first kappa shape index (κ1) is 22.8. The molecule has 0 saturated carbocycles. The van der Waals surface area contributed by atoms with E-state index in [9.17, 15) is 10.1 Å². The van der Waals surface area contributed by atoms with Crippen LogP contribution in [0.1, 0.15) is 43.7 Å². The summed E-state index contributed by atoms with van der Waals surface area (Å²) in [5, 5.41) is 11.0. The molecule has 2 aliphatic rings. The van der Waals surface area contributed by atoms with Crippen LogP contribution >= 0.6 is 0 Å². The summed E-state index contributed by atoms with van der Waals surface area (Å²) >= 11 is 0. The number of aromatic nitrogens is 1. The summed E-state index contributed by atoms with van der Waals surface area (Å²) in [6, 6.07) is 18.2. The Morgan fingerprint density at radius 1 is 1.17 bits per heavy atom. The zero-order chi connectivity index (χ0) is 24.7. The molecule has 0 spiro atoms. The highest BCUT2D eigenvalue weighted by atomic mass is 16.5. The van der Waals surface area contributed by atoms with Gasteiger partial charge < -0.3 is 19.8 Å². The second-order valence-electron chi connectivity index (χ2n) is 10.2. The van der Waals surface area contributed by atoms with Gasteiger partial charge in [0, 0.05) is 35.5 Å². The highest BCUT2D eigenvalue weighted by Crippen LogP contribution is 2.49. The van der Waals surface area contributed by atoms with Crippen molar-refractivity contribution in [1.82, 2.24) is 4.57 Å². The molecule has 0 fully saturated rings. The number of rotatable bonds is 5. The quantitative estimate of drug-likeness (QED) is 0.537. The normalized spacial score (nSPS) is 19.4. The molecule has 3 aromatic rings. The minimum Gasteiger partial charge on any atom is -0.492 e. The Labute approximate surface area is 205 Å². The van der Waals surface area contributed by atoms with Crippen LogP contribution in [0.3, 0.4) is 0 Å². The molecule has 2 N–H and O–H groups in total. The first-order chi connectivity index (χ1) is 16.8. The van der Waals surface area contributed by atoms with Crippen molar-refractivity contribution in [2.45, 2.75) is 46.1 Å². The van der Waals surface area contributed by atoms with Crippen molar-refractivity contribution in [3.8, 4) is 11.8 Å². The van der Waals surface area contributed by atoms with Gasteiger partial charge in [-0.25, -0.2) is 0 Å². The smallest absolute Gasteiger partial charge is 0.205 e. The summed E-state index contributed by atoms with van der Waals surface area (Å²) in [5.74, 6) is 0.968. The monoisotopic (exact) mass is 467 g/mol. The van der Waals surface area contributed by atoms with Crippen molar-refractivity contribution in [1.29, 1.82) is 5.26 Å². The second-order valence-corrected chi connectivity index (χ2v) is 10.2. The zero-order valence-corrected chi connectivity index (χ0v) is 20.3. The van der Waals surface area contributed by atoms with Crippen LogP contribution in [0.2, 0.25) is 0 Å². The molecule has 178 valence electrons. The number of aryl methyl sites for hydroxylation is 1.